The number of benzene rings is 2. The van der Waals surface area contributed by atoms with Crippen LogP contribution in [0.2, 0.25) is 25.7 Å². The lowest BCUT2D eigenvalue weighted by Crippen LogP contribution is -2.22. The van der Waals surface area contributed by atoms with Crippen molar-refractivity contribution < 1.29 is 14.3 Å². The maximum absolute atomic E-state index is 11.6. The van der Waals surface area contributed by atoms with Crippen LogP contribution in [0.1, 0.15) is 43.6 Å². The summed E-state index contributed by atoms with van der Waals surface area (Å²) in [6.45, 7) is 8.33. The number of methoxy groups -OCH3 is 1. The predicted molar refractivity (Wildman–Crippen MR) is 172 cm³/mol. The first-order valence-corrected chi connectivity index (χ1v) is 18.8. The van der Waals surface area contributed by atoms with Gasteiger partial charge in [0.25, 0.3) is 0 Å². The number of carbonyl (C=O) groups is 1. The molecule has 1 aliphatic carbocycles. The van der Waals surface area contributed by atoms with Gasteiger partial charge >= 0.3 is 5.97 Å². The topological polar surface area (TPSA) is 66.2 Å². The van der Waals surface area contributed by atoms with Gasteiger partial charge in [-0.05, 0) is 61.3 Å². The Hall–Kier alpha value is -3.55. The molecule has 5 rings (SSSR count). The second kappa shape index (κ2) is 13.6. The van der Waals surface area contributed by atoms with Crippen LogP contribution in [0.5, 0.6) is 0 Å². The van der Waals surface area contributed by atoms with Crippen LogP contribution in [0, 0.1) is 5.92 Å². The summed E-state index contributed by atoms with van der Waals surface area (Å²) in [5.74, 6) is 1.77. The number of ether oxygens (including phenoxy) is 2. The van der Waals surface area contributed by atoms with Gasteiger partial charge < -0.3 is 14.0 Å². The highest BCUT2D eigenvalue weighted by molar-refractivity contribution is 6.76. The normalized spacial score (nSPS) is 17.2. The van der Waals surface area contributed by atoms with E-state index in [1.165, 1.54) is 12.7 Å². The third kappa shape index (κ3) is 7.84. The van der Waals surface area contributed by atoms with Gasteiger partial charge in [0.05, 0.1) is 18.5 Å². The fourth-order valence-corrected chi connectivity index (χ4v) is 6.43. The first-order valence-electron chi connectivity index (χ1n) is 15.1. The standard InChI is InChI=1S/C35H43N3O3Si/c1-40-34(39)22-26-10-12-27(13-11-26)28-14-16-30(17-15-28)32-19-18-31(23-36-32)35-37-33(29-8-6-5-7-9-29)24-38(35)25-41-20-21-42(2,3)4/h5-9,14-19,23-24,26-27H,10-13,20-22,25H2,1-4H3. The number of aromatic nitrogens is 3. The molecule has 0 spiro atoms. The summed E-state index contributed by atoms with van der Waals surface area (Å²) in [4.78, 5) is 21.5. The predicted octanol–water partition coefficient (Wildman–Crippen LogP) is 8.43. The summed E-state index contributed by atoms with van der Waals surface area (Å²) in [6.07, 6.45) is 8.94. The van der Waals surface area contributed by atoms with Gasteiger partial charge in [-0.25, -0.2) is 4.98 Å². The van der Waals surface area contributed by atoms with Crippen molar-refractivity contribution in [2.45, 2.75) is 70.4 Å². The highest BCUT2D eigenvalue weighted by Crippen LogP contribution is 2.38. The van der Waals surface area contributed by atoms with E-state index in [1.807, 2.05) is 24.4 Å². The number of esters is 1. The summed E-state index contributed by atoms with van der Waals surface area (Å²) in [5.41, 5.74) is 6.40. The molecule has 2 heterocycles. The molecule has 0 unspecified atom stereocenters. The largest absolute Gasteiger partial charge is 0.469 e. The minimum atomic E-state index is -1.16. The van der Waals surface area contributed by atoms with Gasteiger partial charge in [-0.3, -0.25) is 9.78 Å². The van der Waals surface area contributed by atoms with E-state index >= 15 is 0 Å². The van der Waals surface area contributed by atoms with Gasteiger partial charge in [-0.1, -0.05) is 74.2 Å². The molecule has 1 fully saturated rings. The zero-order chi connectivity index (χ0) is 29.5. The Kier molecular flexibility index (Phi) is 9.70. The molecule has 0 saturated heterocycles. The lowest BCUT2D eigenvalue weighted by molar-refractivity contribution is -0.142. The molecule has 0 bridgehead atoms. The number of imidazole rings is 1. The molecule has 1 saturated carbocycles. The third-order valence-electron chi connectivity index (χ3n) is 8.30. The second-order valence-corrected chi connectivity index (χ2v) is 18.3. The quantitative estimate of drug-likeness (QED) is 0.101. The Morgan fingerprint density at radius 2 is 1.57 bits per heavy atom. The van der Waals surface area contributed by atoms with Gasteiger partial charge in [-0.2, -0.15) is 0 Å². The van der Waals surface area contributed by atoms with Gasteiger partial charge in [-0.15, -0.1) is 0 Å². The molecule has 0 amide bonds. The van der Waals surface area contributed by atoms with E-state index in [9.17, 15) is 4.79 Å². The van der Waals surface area contributed by atoms with E-state index < -0.39 is 8.07 Å². The van der Waals surface area contributed by atoms with Crippen molar-refractivity contribution in [2.75, 3.05) is 13.7 Å². The first kappa shape index (κ1) is 29.9. The van der Waals surface area contributed by atoms with Gasteiger partial charge in [0.15, 0.2) is 0 Å². The number of pyridine rings is 1. The zero-order valence-electron chi connectivity index (χ0n) is 25.4. The highest BCUT2D eigenvalue weighted by atomic mass is 28.3. The van der Waals surface area contributed by atoms with Crippen molar-refractivity contribution >= 4 is 14.0 Å². The van der Waals surface area contributed by atoms with Gasteiger partial charge in [0, 0.05) is 50.2 Å². The van der Waals surface area contributed by atoms with E-state index in [4.69, 9.17) is 19.4 Å². The van der Waals surface area contributed by atoms with Gasteiger partial charge in [0.2, 0.25) is 0 Å². The minimum absolute atomic E-state index is 0.0901. The van der Waals surface area contributed by atoms with Crippen LogP contribution in [-0.4, -0.2) is 42.3 Å². The molecule has 1 aliphatic rings. The van der Waals surface area contributed by atoms with Crippen LogP contribution >= 0.6 is 0 Å². The molecule has 2 aromatic carbocycles. The Bertz CT molecular complexity index is 1440. The van der Waals surface area contributed by atoms with Gasteiger partial charge in [0.1, 0.15) is 12.6 Å². The first-order chi connectivity index (χ1) is 20.3. The summed E-state index contributed by atoms with van der Waals surface area (Å²) >= 11 is 0. The van der Waals surface area contributed by atoms with Crippen LogP contribution in [0.15, 0.2) is 79.1 Å². The lowest BCUT2D eigenvalue weighted by Gasteiger charge is -2.28. The van der Waals surface area contributed by atoms with Crippen molar-refractivity contribution in [2.24, 2.45) is 5.92 Å². The monoisotopic (exact) mass is 581 g/mol. The van der Waals surface area contributed by atoms with Crippen molar-refractivity contribution in [1.82, 2.24) is 14.5 Å². The molecular formula is C35H43N3O3Si. The summed E-state index contributed by atoms with van der Waals surface area (Å²) in [6, 6.07) is 24.4. The molecule has 42 heavy (non-hydrogen) atoms. The molecule has 2 aromatic heterocycles. The molecule has 4 aromatic rings. The van der Waals surface area contributed by atoms with Crippen molar-refractivity contribution in [3.8, 4) is 33.9 Å². The SMILES string of the molecule is COC(=O)CC1CCC(c2ccc(-c3ccc(-c4nc(-c5ccccc5)cn4COCC[Si](C)(C)C)cn3)cc2)CC1. The van der Waals surface area contributed by atoms with Crippen molar-refractivity contribution in [3.05, 3.63) is 84.7 Å². The van der Waals surface area contributed by atoms with Crippen molar-refractivity contribution in [3.63, 3.8) is 0 Å². The number of nitrogens with zero attached hydrogens (tertiary/aromatic N) is 3. The fourth-order valence-electron chi connectivity index (χ4n) is 5.68. The Balaban J connectivity index is 1.27. The summed E-state index contributed by atoms with van der Waals surface area (Å²) < 4.78 is 13.1. The molecule has 0 aliphatic heterocycles. The smallest absolute Gasteiger partial charge is 0.305 e. The number of hydrogen-bond donors (Lipinski definition) is 0. The molecule has 0 N–H and O–H groups in total. The van der Waals surface area contributed by atoms with Crippen LogP contribution in [0.4, 0.5) is 0 Å². The fraction of sp³-hybridized carbons (Fsp3) is 0.400. The Labute approximate surface area is 251 Å². The molecule has 0 atom stereocenters. The molecular weight excluding hydrogens is 538 g/mol. The maximum Gasteiger partial charge on any atom is 0.305 e. The minimum Gasteiger partial charge on any atom is -0.469 e. The van der Waals surface area contributed by atoms with E-state index in [0.717, 1.165) is 72.2 Å². The third-order valence-corrected chi connectivity index (χ3v) is 10.0. The van der Waals surface area contributed by atoms with E-state index in [0.29, 0.717) is 25.0 Å². The van der Waals surface area contributed by atoms with Crippen molar-refractivity contribution in [1.29, 1.82) is 0 Å². The Morgan fingerprint density at radius 1 is 0.881 bits per heavy atom. The average molecular weight is 582 g/mol. The van der Waals surface area contributed by atoms with Crippen LogP contribution < -0.4 is 0 Å². The molecule has 6 nitrogen and oxygen atoms in total. The maximum atomic E-state index is 11.6. The number of hydrogen-bond acceptors (Lipinski definition) is 5. The van der Waals surface area contributed by atoms with E-state index in [1.54, 1.807) is 0 Å². The number of carbonyl (C=O) groups excluding carboxylic acids is 1. The Morgan fingerprint density at radius 3 is 2.21 bits per heavy atom. The molecule has 7 heteroatoms. The second-order valence-electron chi connectivity index (χ2n) is 12.7. The summed E-state index contributed by atoms with van der Waals surface area (Å²) in [7, 11) is 0.315. The van der Waals surface area contributed by atoms with E-state index in [2.05, 4.69) is 78.9 Å². The molecule has 0 radical (unpaired) electrons. The molecule has 220 valence electrons. The summed E-state index contributed by atoms with van der Waals surface area (Å²) in [5, 5.41) is 0. The van der Waals surface area contributed by atoms with Crippen LogP contribution in [0.25, 0.3) is 33.9 Å². The zero-order valence-corrected chi connectivity index (χ0v) is 26.4. The van der Waals surface area contributed by atoms with Crippen LogP contribution in [0.3, 0.4) is 0 Å². The highest BCUT2D eigenvalue weighted by Gasteiger charge is 2.24. The average Bonchev–Trinajstić information content (AvgIpc) is 3.44. The van der Waals surface area contributed by atoms with Crippen LogP contribution in [-0.2, 0) is 21.0 Å². The lowest BCUT2D eigenvalue weighted by atomic mass is 9.77. The van der Waals surface area contributed by atoms with E-state index in [-0.39, 0.29) is 5.97 Å². The number of rotatable bonds is 11.